The number of ketones is 1. The standard InChI is InChI=1S/C16H12Br2OS2/c17-14-6-4-12(20-14)8-10-2-1-3-11(16(10)19)9-13-5-7-15(18)21-13/h4-9H,1-3H2/b10-8-,11-9+. The molecule has 0 aliphatic heterocycles. The lowest BCUT2D eigenvalue weighted by Gasteiger charge is -2.16. The van der Waals surface area contributed by atoms with Gasteiger partial charge in [0, 0.05) is 20.9 Å². The lowest BCUT2D eigenvalue weighted by atomic mass is 9.88. The van der Waals surface area contributed by atoms with Crippen molar-refractivity contribution in [1.29, 1.82) is 0 Å². The number of rotatable bonds is 2. The lowest BCUT2D eigenvalue weighted by Crippen LogP contribution is -2.11. The van der Waals surface area contributed by atoms with E-state index >= 15 is 0 Å². The van der Waals surface area contributed by atoms with Crippen LogP contribution in [0.5, 0.6) is 0 Å². The summed E-state index contributed by atoms with van der Waals surface area (Å²) in [7, 11) is 0. The minimum atomic E-state index is 0.204. The summed E-state index contributed by atoms with van der Waals surface area (Å²) in [5.74, 6) is 0.204. The Morgan fingerprint density at radius 2 is 1.33 bits per heavy atom. The summed E-state index contributed by atoms with van der Waals surface area (Å²) in [4.78, 5) is 14.9. The van der Waals surface area contributed by atoms with Gasteiger partial charge in [-0.3, -0.25) is 4.79 Å². The van der Waals surface area contributed by atoms with Crippen LogP contribution in [0.25, 0.3) is 12.2 Å². The Bertz CT molecular complexity index is 677. The Labute approximate surface area is 148 Å². The van der Waals surface area contributed by atoms with Crippen LogP contribution in [-0.4, -0.2) is 5.78 Å². The maximum absolute atomic E-state index is 12.6. The van der Waals surface area contributed by atoms with Crippen LogP contribution in [0.1, 0.15) is 29.0 Å². The van der Waals surface area contributed by atoms with Crippen molar-refractivity contribution in [3.63, 3.8) is 0 Å². The van der Waals surface area contributed by atoms with E-state index in [9.17, 15) is 4.79 Å². The van der Waals surface area contributed by atoms with Crippen molar-refractivity contribution in [2.75, 3.05) is 0 Å². The number of allylic oxidation sites excluding steroid dienone is 2. The first-order valence-electron chi connectivity index (χ1n) is 6.58. The summed E-state index contributed by atoms with van der Waals surface area (Å²) in [5, 5.41) is 0. The molecule has 0 spiro atoms. The molecule has 5 heteroatoms. The molecule has 1 nitrogen and oxygen atoms in total. The molecule has 1 saturated carbocycles. The summed E-state index contributed by atoms with van der Waals surface area (Å²) >= 11 is 10.2. The van der Waals surface area contributed by atoms with Crippen molar-refractivity contribution < 1.29 is 4.79 Å². The van der Waals surface area contributed by atoms with Crippen LogP contribution >= 0.6 is 54.5 Å². The molecule has 1 fully saturated rings. The van der Waals surface area contributed by atoms with Gasteiger partial charge in [-0.05, 0) is 87.5 Å². The van der Waals surface area contributed by atoms with E-state index in [2.05, 4.69) is 31.9 Å². The second-order valence-corrected chi connectivity index (χ2v) is 9.79. The van der Waals surface area contributed by atoms with Crippen LogP contribution in [-0.2, 0) is 4.79 Å². The third-order valence-electron chi connectivity index (χ3n) is 3.30. The Balaban J connectivity index is 1.87. The second kappa shape index (κ2) is 6.73. The number of thiophene rings is 2. The summed E-state index contributed by atoms with van der Waals surface area (Å²) in [6, 6.07) is 8.13. The molecular weight excluding hydrogens is 432 g/mol. The van der Waals surface area contributed by atoms with Gasteiger partial charge in [-0.15, -0.1) is 22.7 Å². The van der Waals surface area contributed by atoms with Gasteiger partial charge in [-0.25, -0.2) is 0 Å². The quantitative estimate of drug-likeness (QED) is 0.480. The zero-order chi connectivity index (χ0) is 14.8. The fourth-order valence-corrected chi connectivity index (χ4v) is 5.12. The molecule has 3 rings (SSSR count). The molecule has 2 heterocycles. The molecule has 21 heavy (non-hydrogen) atoms. The molecule has 0 unspecified atom stereocenters. The van der Waals surface area contributed by atoms with Gasteiger partial charge in [-0.1, -0.05) is 0 Å². The van der Waals surface area contributed by atoms with Crippen LogP contribution < -0.4 is 0 Å². The number of halogens is 2. The van der Waals surface area contributed by atoms with Gasteiger partial charge in [0.25, 0.3) is 0 Å². The molecular formula is C16H12Br2OS2. The van der Waals surface area contributed by atoms with E-state index in [-0.39, 0.29) is 5.78 Å². The highest BCUT2D eigenvalue weighted by atomic mass is 79.9. The highest BCUT2D eigenvalue weighted by Crippen LogP contribution is 2.32. The zero-order valence-corrected chi connectivity index (χ0v) is 15.9. The predicted molar refractivity (Wildman–Crippen MR) is 98.9 cm³/mol. The maximum Gasteiger partial charge on any atom is 0.185 e. The topological polar surface area (TPSA) is 17.1 Å². The number of carbonyl (C=O) groups excluding carboxylic acids is 1. The highest BCUT2D eigenvalue weighted by Gasteiger charge is 2.20. The largest absolute Gasteiger partial charge is 0.289 e. The summed E-state index contributed by atoms with van der Waals surface area (Å²) < 4.78 is 2.19. The molecule has 0 bridgehead atoms. The Morgan fingerprint density at radius 1 is 0.857 bits per heavy atom. The third-order valence-corrected chi connectivity index (χ3v) is 6.44. The van der Waals surface area contributed by atoms with Gasteiger partial charge in [0.15, 0.2) is 5.78 Å². The molecule has 0 N–H and O–H groups in total. The molecule has 2 aromatic heterocycles. The smallest absolute Gasteiger partial charge is 0.185 e. The minimum Gasteiger partial charge on any atom is -0.289 e. The first kappa shape index (κ1) is 15.4. The van der Waals surface area contributed by atoms with E-state index in [0.717, 1.165) is 47.7 Å². The number of hydrogen-bond acceptors (Lipinski definition) is 3. The molecule has 2 aromatic rings. The van der Waals surface area contributed by atoms with Crippen molar-refractivity contribution in [3.05, 3.63) is 52.7 Å². The number of carbonyl (C=O) groups is 1. The lowest BCUT2D eigenvalue weighted by molar-refractivity contribution is -0.112. The molecule has 0 radical (unpaired) electrons. The predicted octanol–water partition coefficient (Wildman–Crippen LogP) is 6.55. The van der Waals surface area contributed by atoms with Gasteiger partial charge < -0.3 is 0 Å². The summed E-state index contributed by atoms with van der Waals surface area (Å²) in [6.45, 7) is 0. The Morgan fingerprint density at radius 3 is 1.71 bits per heavy atom. The zero-order valence-electron chi connectivity index (χ0n) is 11.1. The van der Waals surface area contributed by atoms with Gasteiger partial charge in [-0.2, -0.15) is 0 Å². The van der Waals surface area contributed by atoms with Crippen LogP contribution in [0.15, 0.2) is 43.0 Å². The van der Waals surface area contributed by atoms with Gasteiger partial charge >= 0.3 is 0 Å². The first-order chi connectivity index (χ1) is 10.1. The Hall–Kier alpha value is -0.490. The van der Waals surface area contributed by atoms with Crippen molar-refractivity contribution in [1.82, 2.24) is 0 Å². The van der Waals surface area contributed by atoms with Crippen molar-refractivity contribution in [2.24, 2.45) is 0 Å². The van der Waals surface area contributed by atoms with Gasteiger partial charge in [0.2, 0.25) is 0 Å². The second-order valence-electron chi connectivity index (χ2n) is 4.81. The van der Waals surface area contributed by atoms with Crippen molar-refractivity contribution in [3.8, 4) is 0 Å². The van der Waals surface area contributed by atoms with Crippen molar-refractivity contribution in [2.45, 2.75) is 19.3 Å². The molecule has 0 aromatic carbocycles. The van der Waals surface area contributed by atoms with Gasteiger partial charge in [0.05, 0.1) is 7.57 Å². The van der Waals surface area contributed by atoms with E-state index in [1.54, 1.807) is 22.7 Å². The average molecular weight is 444 g/mol. The molecule has 0 saturated heterocycles. The van der Waals surface area contributed by atoms with Crippen molar-refractivity contribution >= 4 is 72.5 Å². The van der Waals surface area contributed by atoms with Crippen LogP contribution in [0.2, 0.25) is 0 Å². The fourth-order valence-electron chi connectivity index (χ4n) is 2.33. The third kappa shape index (κ3) is 3.83. The molecule has 0 atom stereocenters. The molecule has 0 amide bonds. The minimum absolute atomic E-state index is 0.204. The monoisotopic (exact) mass is 442 g/mol. The molecule has 1 aliphatic carbocycles. The van der Waals surface area contributed by atoms with E-state index in [4.69, 9.17) is 0 Å². The molecule has 1 aliphatic rings. The maximum atomic E-state index is 12.6. The number of Topliss-reactive ketones (excluding diaryl/α,β-unsaturated/α-hetero) is 1. The van der Waals surface area contributed by atoms with Crippen LogP contribution in [0, 0.1) is 0 Å². The van der Waals surface area contributed by atoms with Gasteiger partial charge in [0.1, 0.15) is 0 Å². The average Bonchev–Trinajstić information content (AvgIpc) is 3.03. The van der Waals surface area contributed by atoms with E-state index in [0.29, 0.717) is 0 Å². The SMILES string of the molecule is O=C1/C(=C\c2ccc(Br)s2)CCC/C1=C\c1ccc(Br)s1. The molecule has 108 valence electrons. The van der Waals surface area contributed by atoms with Crippen LogP contribution in [0.4, 0.5) is 0 Å². The van der Waals surface area contributed by atoms with Crippen LogP contribution in [0.3, 0.4) is 0 Å². The number of hydrogen-bond donors (Lipinski definition) is 0. The van der Waals surface area contributed by atoms with E-state index in [1.807, 2.05) is 36.4 Å². The fraction of sp³-hybridized carbons (Fsp3) is 0.188. The summed E-state index contributed by atoms with van der Waals surface area (Å²) in [6.07, 6.45) is 6.87. The Kier molecular flexibility index (Phi) is 4.94. The first-order valence-corrected chi connectivity index (χ1v) is 9.80. The normalized spacial score (nSPS) is 19.6. The summed E-state index contributed by atoms with van der Waals surface area (Å²) in [5.41, 5.74) is 1.86. The van der Waals surface area contributed by atoms with E-state index < -0.39 is 0 Å². The van der Waals surface area contributed by atoms with E-state index in [1.165, 1.54) is 0 Å². The highest BCUT2D eigenvalue weighted by molar-refractivity contribution is 9.11.